The van der Waals surface area contributed by atoms with Crippen molar-refractivity contribution in [1.29, 1.82) is 0 Å². The van der Waals surface area contributed by atoms with E-state index in [0.29, 0.717) is 31.8 Å². The van der Waals surface area contributed by atoms with Crippen LogP contribution in [0.3, 0.4) is 0 Å². The molecule has 0 saturated carbocycles. The minimum absolute atomic E-state index is 0.0589. The Morgan fingerprint density at radius 1 is 0.793 bits per heavy atom. The lowest BCUT2D eigenvalue weighted by molar-refractivity contribution is -0.145. The van der Waals surface area contributed by atoms with E-state index in [1.807, 2.05) is 46.2 Å². The van der Waals surface area contributed by atoms with Gasteiger partial charge in [-0.05, 0) is 42.7 Å². The third kappa shape index (κ3) is 3.86. The lowest BCUT2D eigenvalue weighted by Crippen LogP contribution is -2.53. The van der Waals surface area contributed by atoms with Crippen LogP contribution in [0.15, 0.2) is 60.7 Å². The molecule has 0 aromatic heterocycles. The molecule has 0 bridgehead atoms. The zero-order chi connectivity index (χ0) is 20.3. The first kappa shape index (κ1) is 19.5. The molecule has 2 heterocycles. The van der Waals surface area contributed by atoms with Gasteiger partial charge in [-0.2, -0.15) is 0 Å². The molecule has 152 valence electrons. The average molecular weight is 392 g/mol. The standard InChI is InChI=1S/C24H28N2O3/c27-22(28)24(21-9-5-2-6-10-21)13-17-26(18-14-24)23(29)25-15-11-20(12-16-25)19-7-3-1-4-8-19/h1-10,20H,11-18H2,(H,27,28). The van der Waals surface area contributed by atoms with E-state index in [-0.39, 0.29) is 6.03 Å². The molecule has 2 aromatic rings. The van der Waals surface area contributed by atoms with Gasteiger partial charge in [-0.25, -0.2) is 4.79 Å². The van der Waals surface area contributed by atoms with Gasteiger partial charge in [0.2, 0.25) is 0 Å². The van der Waals surface area contributed by atoms with E-state index in [0.717, 1.165) is 31.5 Å². The van der Waals surface area contributed by atoms with Gasteiger partial charge in [0.05, 0.1) is 5.41 Å². The Hall–Kier alpha value is -2.82. The topological polar surface area (TPSA) is 60.9 Å². The van der Waals surface area contributed by atoms with E-state index in [1.54, 1.807) is 0 Å². The van der Waals surface area contributed by atoms with Gasteiger partial charge < -0.3 is 14.9 Å². The highest BCUT2D eigenvalue weighted by atomic mass is 16.4. The maximum absolute atomic E-state index is 13.0. The van der Waals surface area contributed by atoms with Crippen molar-refractivity contribution >= 4 is 12.0 Å². The molecule has 0 radical (unpaired) electrons. The van der Waals surface area contributed by atoms with Crippen LogP contribution in [0, 0.1) is 0 Å². The van der Waals surface area contributed by atoms with Gasteiger partial charge in [-0.3, -0.25) is 4.79 Å². The van der Waals surface area contributed by atoms with Crippen molar-refractivity contribution in [3.63, 3.8) is 0 Å². The number of hydrogen-bond donors (Lipinski definition) is 1. The van der Waals surface area contributed by atoms with Crippen LogP contribution in [0.1, 0.15) is 42.7 Å². The number of benzene rings is 2. The number of rotatable bonds is 3. The molecule has 0 aliphatic carbocycles. The van der Waals surface area contributed by atoms with Gasteiger partial charge in [-0.15, -0.1) is 0 Å². The quantitative estimate of drug-likeness (QED) is 0.855. The Kier molecular flexibility index (Phi) is 5.56. The number of hydrogen-bond acceptors (Lipinski definition) is 2. The number of amides is 2. The van der Waals surface area contributed by atoms with Crippen LogP contribution in [0.4, 0.5) is 4.79 Å². The van der Waals surface area contributed by atoms with Crippen molar-refractivity contribution in [1.82, 2.24) is 9.80 Å². The second-order valence-corrected chi connectivity index (χ2v) is 8.19. The molecule has 2 fully saturated rings. The van der Waals surface area contributed by atoms with Crippen LogP contribution in [0.2, 0.25) is 0 Å². The number of carboxylic acid groups (broad SMARTS) is 1. The first-order chi connectivity index (χ1) is 14.1. The Bertz CT molecular complexity index is 837. The van der Waals surface area contributed by atoms with E-state index in [9.17, 15) is 14.7 Å². The van der Waals surface area contributed by atoms with Gasteiger partial charge in [0.1, 0.15) is 0 Å². The first-order valence-corrected chi connectivity index (χ1v) is 10.5. The first-order valence-electron chi connectivity index (χ1n) is 10.5. The monoisotopic (exact) mass is 392 g/mol. The lowest BCUT2D eigenvalue weighted by Gasteiger charge is -2.42. The maximum Gasteiger partial charge on any atom is 0.319 e. The Morgan fingerprint density at radius 3 is 1.86 bits per heavy atom. The number of nitrogens with zero attached hydrogens (tertiary/aromatic N) is 2. The van der Waals surface area contributed by atoms with Crippen molar-refractivity contribution in [3.8, 4) is 0 Å². The summed E-state index contributed by atoms with van der Waals surface area (Å²) in [6.07, 6.45) is 2.87. The molecule has 4 rings (SSSR count). The van der Waals surface area contributed by atoms with Gasteiger partial charge in [-0.1, -0.05) is 60.7 Å². The number of carboxylic acids is 1. The summed E-state index contributed by atoms with van der Waals surface area (Å²) < 4.78 is 0. The highest BCUT2D eigenvalue weighted by Crippen LogP contribution is 2.36. The van der Waals surface area contributed by atoms with Crippen molar-refractivity contribution in [2.24, 2.45) is 0 Å². The second kappa shape index (κ2) is 8.27. The fourth-order valence-corrected chi connectivity index (χ4v) is 4.79. The zero-order valence-electron chi connectivity index (χ0n) is 16.7. The number of aliphatic carboxylic acids is 1. The minimum atomic E-state index is -0.891. The average Bonchev–Trinajstić information content (AvgIpc) is 2.80. The third-order valence-electron chi connectivity index (χ3n) is 6.66. The largest absolute Gasteiger partial charge is 0.481 e. The minimum Gasteiger partial charge on any atom is -0.481 e. The van der Waals surface area contributed by atoms with E-state index >= 15 is 0 Å². The number of carbonyl (C=O) groups excluding carboxylic acids is 1. The molecule has 5 heteroatoms. The van der Waals surface area contributed by atoms with Gasteiger partial charge in [0, 0.05) is 26.2 Å². The smallest absolute Gasteiger partial charge is 0.319 e. The Morgan fingerprint density at radius 2 is 1.31 bits per heavy atom. The van der Waals surface area contributed by atoms with Crippen molar-refractivity contribution in [2.45, 2.75) is 37.0 Å². The van der Waals surface area contributed by atoms with Gasteiger partial charge in [0.15, 0.2) is 0 Å². The fraction of sp³-hybridized carbons (Fsp3) is 0.417. The van der Waals surface area contributed by atoms with E-state index in [1.165, 1.54) is 5.56 Å². The predicted octanol–water partition coefficient (Wildman–Crippen LogP) is 4.10. The SMILES string of the molecule is O=C(N1CCC(c2ccccc2)CC1)N1CCC(C(=O)O)(c2ccccc2)CC1. The van der Waals surface area contributed by atoms with Crippen LogP contribution in [-0.4, -0.2) is 53.1 Å². The molecule has 0 spiro atoms. The van der Waals surface area contributed by atoms with E-state index < -0.39 is 11.4 Å². The molecule has 2 aliphatic heterocycles. The highest BCUT2D eigenvalue weighted by Gasteiger charge is 2.44. The fourth-order valence-electron chi connectivity index (χ4n) is 4.79. The van der Waals surface area contributed by atoms with Crippen LogP contribution < -0.4 is 0 Å². The summed E-state index contributed by atoms with van der Waals surface area (Å²) in [5, 5.41) is 9.94. The molecule has 2 saturated heterocycles. The summed E-state index contributed by atoms with van der Waals surface area (Å²) >= 11 is 0. The Labute approximate surface area is 171 Å². The van der Waals surface area contributed by atoms with Crippen LogP contribution in [0.25, 0.3) is 0 Å². The summed E-state index contributed by atoms with van der Waals surface area (Å²) in [6, 6.07) is 20.0. The lowest BCUT2D eigenvalue weighted by atomic mass is 9.73. The molecule has 2 aliphatic rings. The highest BCUT2D eigenvalue weighted by molar-refractivity contribution is 5.82. The van der Waals surface area contributed by atoms with Crippen LogP contribution >= 0.6 is 0 Å². The zero-order valence-corrected chi connectivity index (χ0v) is 16.7. The molecule has 2 amide bonds. The summed E-state index contributed by atoms with van der Waals surface area (Å²) in [5.74, 6) is -0.279. The summed E-state index contributed by atoms with van der Waals surface area (Å²) in [6.45, 7) is 2.49. The molecular formula is C24H28N2O3. The summed E-state index contributed by atoms with van der Waals surface area (Å²) in [4.78, 5) is 28.9. The third-order valence-corrected chi connectivity index (χ3v) is 6.66. The predicted molar refractivity (Wildman–Crippen MR) is 112 cm³/mol. The summed E-state index contributed by atoms with van der Waals surface area (Å²) in [7, 11) is 0. The van der Waals surface area contributed by atoms with Crippen molar-refractivity contribution < 1.29 is 14.7 Å². The number of carbonyl (C=O) groups is 2. The molecular weight excluding hydrogens is 364 g/mol. The molecule has 2 aromatic carbocycles. The van der Waals surface area contributed by atoms with Crippen molar-refractivity contribution in [3.05, 3.63) is 71.8 Å². The Balaban J connectivity index is 1.36. The van der Waals surface area contributed by atoms with Crippen LogP contribution in [-0.2, 0) is 10.2 Å². The van der Waals surface area contributed by atoms with E-state index in [2.05, 4.69) is 24.3 Å². The molecule has 29 heavy (non-hydrogen) atoms. The van der Waals surface area contributed by atoms with Crippen LogP contribution in [0.5, 0.6) is 0 Å². The van der Waals surface area contributed by atoms with Gasteiger partial charge in [0.25, 0.3) is 0 Å². The molecule has 5 nitrogen and oxygen atoms in total. The normalized spacial score (nSPS) is 19.7. The molecule has 0 atom stereocenters. The maximum atomic E-state index is 13.0. The van der Waals surface area contributed by atoms with Crippen molar-refractivity contribution in [2.75, 3.05) is 26.2 Å². The number of urea groups is 1. The van der Waals surface area contributed by atoms with Gasteiger partial charge >= 0.3 is 12.0 Å². The van der Waals surface area contributed by atoms with E-state index in [4.69, 9.17) is 0 Å². The second-order valence-electron chi connectivity index (χ2n) is 8.19. The number of likely N-dealkylation sites (tertiary alicyclic amines) is 2. The molecule has 0 unspecified atom stereocenters. The molecule has 1 N–H and O–H groups in total. The number of piperidine rings is 2. The summed E-state index contributed by atoms with van der Waals surface area (Å²) in [5.41, 5.74) is 1.30.